The molecule has 6 heteroatoms. The topological polar surface area (TPSA) is 87.5 Å². The number of carbonyl (C=O) groups excluding carboxylic acids is 2. The van der Waals surface area contributed by atoms with E-state index in [0.29, 0.717) is 23.5 Å². The van der Waals surface area contributed by atoms with Gasteiger partial charge >= 0.3 is 6.03 Å². The molecule has 0 heterocycles. The lowest BCUT2D eigenvalue weighted by Crippen LogP contribution is -2.37. The Kier molecular flexibility index (Phi) is 6.00. The summed E-state index contributed by atoms with van der Waals surface area (Å²) < 4.78 is 0. The van der Waals surface area contributed by atoms with Crippen LogP contribution in [-0.4, -0.2) is 24.5 Å². The van der Waals surface area contributed by atoms with E-state index in [-0.39, 0.29) is 23.7 Å². The fourth-order valence-corrected chi connectivity index (χ4v) is 2.46. The maximum Gasteiger partial charge on any atom is 0.326 e. The summed E-state index contributed by atoms with van der Waals surface area (Å²) in [6.07, 6.45) is 0. The molecule has 0 fully saturated rings. The van der Waals surface area contributed by atoms with Crippen LogP contribution in [0, 0.1) is 0 Å². The van der Waals surface area contributed by atoms with E-state index in [9.17, 15) is 9.59 Å². The molecular weight excluding hydrogens is 316 g/mol. The quantitative estimate of drug-likeness (QED) is 0.730. The molecule has 0 unspecified atom stereocenters. The average Bonchev–Trinajstić information content (AvgIpc) is 2.57. The molecule has 3 amide bonds. The van der Waals surface area contributed by atoms with E-state index in [1.807, 2.05) is 51.1 Å². The monoisotopic (exact) mass is 340 g/mol. The zero-order valence-corrected chi connectivity index (χ0v) is 14.7. The minimum atomic E-state index is -0.304. The summed E-state index contributed by atoms with van der Waals surface area (Å²) in [5.74, 6) is -0.265. The van der Waals surface area contributed by atoms with Crippen molar-refractivity contribution in [3.8, 4) is 0 Å². The number of nitrogens with zero attached hydrogens (tertiary/aromatic N) is 1. The number of hydrogen-bond donors (Lipinski definition) is 3. The fourth-order valence-electron chi connectivity index (χ4n) is 2.46. The van der Waals surface area contributed by atoms with Crippen LogP contribution in [-0.2, 0) is 0 Å². The number of nitrogen functional groups attached to an aromatic ring is 1. The largest absolute Gasteiger partial charge is 0.396 e. The second-order valence-electron chi connectivity index (χ2n) is 5.87. The summed E-state index contributed by atoms with van der Waals surface area (Å²) in [6, 6.07) is 14.0. The number of benzene rings is 2. The minimum Gasteiger partial charge on any atom is -0.396 e. The number of urea groups is 1. The Bertz CT molecular complexity index is 744. The van der Waals surface area contributed by atoms with E-state index in [1.54, 1.807) is 18.2 Å². The first-order valence-corrected chi connectivity index (χ1v) is 8.28. The number of nitrogens with one attached hydrogen (secondary N) is 2. The van der Waals surface area contributed by atoms with Crippen LogP contribution >= 0.6 is 0 Å². The maximum atomic E-state index is 12.6. The van der Waals surface area contributed by atoms with Gasteiger partial charge in [-0.15, -0.1) is 0 Å². The van der Waals surface area contributed by atoms with Gasteiger partial charge in [0.25, 0.3) is 5.91 Å². The first kappa shape index (κ1) is 18.3. The van der Waals surface area contributed by atoms with E-state index in [2.05, 4.69) is 10.6 Å². The van der Waals surface area contributed by atoms with Crippen molar-refractivity contribution in [3.63, 3.8) is 0 Å². The SMILES string of the molecule is CCNC(=O)N(c1ccccc1)c1cccc(C(=O)NC(C)C)c1N. The average molecular weight is 340 g/mol. The van der Waals surface area contributed by atoms with E-state index >= 15 is 0 Å². The van der Waals surface area contributed by atoms with Gasteiger partial charge in [0.2, 0.25) is 0 Å². The Morgan fingerprint density at radius 2 is 1.76 bits per heavy atom. The van der Waals surface area contributed by atoms with E-state index in [4.69, 9.17) is 5.73 Å². The van der Waals surface area contributed by atoms with Crippen molar-refractivity contribution in [2.75, 3.05) is 17.2 Å². The van der Waals surface area contributed by atoms with Gasteiger partial charge in [0, 0.05) is 12.6 Å². The van der Waals surface area contributed by atoms with E-state index in [1.165, 1.54) is 4.90 Å². The van der Waals surface area contributed by atoms with Crippen molar-refractivity contribution in [2.45, 2.75) is 26.8 Å². The molecule has 0 saturated heterocycles. The number of anilines is 3. The van der Waals surface area contributed by atoms with Gasteiger partial charge in [0.05, 0.1) is 22.6 Å². The summed E-state index contributed by atoms with van der Waals surface area (Å²) in [6.45, 7) is 6.08. The molecule has 2 rings (SSSR count). The number of hydrogen-bond acceptors (Lipinski definition) is 3. The molecule has 0 radical (unpaired) electrons. The zero-order valence-electron chi connectivity index (χ0n) is 14.7. The van der Waals surface area contributed by atoms with Crippen LogP contribution in [0.4, 0.5) is 21.9 Å². The number of para-hydroxylation sites is 2. The van der Waals surface area contributed by atoms with Gasteiger partial charge in [-0.05, 0) is 45.0 Å². The molecule has 0 spiro atoms. The third kappa shape index (κ3) is 4.29. The van der Waals surface area contributed by atoms with Gasteiger partial charge in [0.1, 0.15) is 0 Å². The second-order valence-corrected chi connectivity index (χ2v) is 5.87. The summed E-state index contributed by atoms with van der Waals surface area (Å²) in [7, 11) is 0. The molecule has 2 aromatic carbocycles. The molecule has 6 nitrogen and oxygen atoms in total. The predicted molar refractivity (Wildman–Crippen MR) is 101 cm³/mol. The maximum absolute atomic E-state index is 12.6. The smallest absolute Gasteiger partial charge is 0.326 e. The molecule has 0 saturated carbocycles. The van der Waals surface area contributed by atoms with Crippen LogP contribution in [0.3, 0.4) is 0 Å². The van der Waals surface area contributed by atoms with Crippen molar-refractivity contribution >= 4 is 29.0 Å². The standard InChI is InChI=1S/C19H24N4O2/c1-4-21-19(25)23(14-9-6-5-7-10-14)16-12-8-11-15(17(16)20)18(24)22-13(2)3/h5-13H,4,20H2,1-3H3,(H,21,25)(H,22,24). The highest BCUT2D eigenvalue weighted by molar-refractivity contribution is 6.07. The summed E-state index contributed by atoms with van der Waals surface area (Å²) in [5.41, 5.74) is 7.99. The molecule has 0 bridgehead atoms. The van der Waals surface area contributed by atoms with E-state index < -0.39 is 0 Å². The lowest BCUT2D eigenvalue weighted by atomic mass is 10.1. The Morgan fingerprint density at radius 1 is 1.08 bits per heavy atom. The molecule has 25 heavy (non-hydrogen) atoms. The van der Waals surface area contributed by atoms with Crippen molar-refractivity contribution in [1.82, 2.24) is 10.6 Å². The van der Waals surface area contributed by atoms with Gasteiger partial charge in [0.15, 0.2) is 0 Å². The summed E-state index contributed by atoms with van der Waals surface area (Å²) >= 11 is 0. The number of nitrogens with two attached hydrogens (primary N) is 1. The van der Waals surface area contributed by atoms with Gasteiger partial charge < -0.3 is 16.4 Å². The first-order valence-electron chi connectivity index (χ1n) is 8.28. The van der Waals surface area contributed by atoms with Crippen molar-refractivity contribution in [1.29, 1.82) is 0 Å². The highest BCUT2D eigenvalue weighted by atomic mass is 16.2. The van der Waals surface area contributed by atoms with Gasteiger partial charge in [-0.25, -0.2) is 4.79 Å². The van der Waals surface area contributed by atoms with Crippen molar-refractivity contribution in [3.05, 3.63) is 54.1 Å². The predicted octanol–water partition coefficient (Wildman–Crippen LogP) is 3.27. The number of amides is 3. The van der Waals surface area contributed by atoms with Crippen molar-refractivity contribution < 1.29 is 9.59 Å². The molecule has 4 N–H and O–H groups in total. The molecule has 0 aliphatic heterocycles. The van der Waals surface area contributed by atoms with Crippen LogP contribution in [0.1, 0.15) is 31.1 Å². The Balaban J connectivity index is 2.51. The van der Waals surface area contributed by atoms with Gasteiger partial charge in [-0.1, -0.05) is 24.3 Å². The van der Waals surface area contributed by atoms with Gasteiger partial charge in [-0.2, -0.15) is 0 Å². The highest BCUT2D eigenvalue weighted by Crippen LogP contribution is 2.32. The summed E-state index contributed by atoms with van der Waals surface area (Å²) in [5, 5.41) is 5.60. The highest BCUT2D eigenvalue weighted by Gasteiger charge is 2.22. The molecule has 0 aliphatic carbocycles. The fraction of sp³-hybridized carbons (Fsp3) is 0.263. The summed E-state index contributed by atoms with van der Waals surface area (Å²) in [4.78, 5) is 26.5. The van der Waals surface area contributed by atoms with Crippen LogP contribution in [0.5, 0.6) is 0 Å². The van der Waals surface area contributed by atoms with Crippen LogP contribution in [0.25, 0.3) is 0 Å². The normalized spacial score (nSPS) is 10.4. The third-order valence-corrected chi connectivity index (χ3v) is 3.53. The first-order chi connectivity index (χ1) is 12.0. The Hall–Kier alpha value is -3.02. The lowest BCUT2D eigenvalue weighted by molar-refractivity contribution is 0.0944. The van der Waals surface area contributed by atoms with Crippen LogP contribution < -0.4 is 21.3 Å². The molecule has 2 aromatic rings. The molecule has 0 aliphatic rings. The number of rotatable bonds is 5. The lowest BCUT2D eigenvalue weighted by Gasteiger charge is -2.25. The van der Waals surface area contributed by atoms with Crippen LogP contribution in [0.2, 0.25) is 0 Å². The number of carbonyl (C=O) groups is 2. The van der Waals surface area contributed by atoms with Crippen molar-refractivity contribution in [2.24, 2.45) is 0 Å². The van der Waals surface area contributed by atoms with Gasteiger partial charge in [-0.3, -0.25) is 9.69 Å². The third-order valence-electron chi connectivity index (χ3n) is 3.53. The second kappa shape index (κ2) is 8.19. The van der Waals surface area contributed by atoms with Crippen LogP contribution in [0.15, 0.2) is 48.5 Å². The molecular formula is C19H24N4O2. The molecule has 0 atom stereocenters. The zero-order chi connectivity index (χ0) is 18.4. The molecule has 132 valence electrons. The van der Waals surface area contributed by atoms with E-state index in [0.717, 1.165) is 0 Å². The Labute approximate surface area is 148 Å². The Morgan fingerprint density at radius 3 is 2.36 bits per heavy atom. The molecule has 0 aromatic heterocycles. The minimum absolute atomic E-state index is 0.0100.